The predicted molar refractivity (Wildman–Crippen MR) is 113 cm³/mol. The van der Waals surface area contributed by atoms with E-state index in [1.807, 2.05) is 6.92 Å². The van der Waals surface area contributed by atoms with Gasteiger partial charge in [0.1, 0.15) is 16.5 Å². The second kappa shape index (κ2) is 8.78. The van der Waals surface area contributed by atoms with Crippen LogP contribution in [0.3, 0.4) is 0 Å². The van der Waals surface area contributed by atoms with Gasteiger partial charge in [-0.3, -0.25) is 4.68 Å². The number of morpholine rings is 1. The minimum Gasteiger partial charge on any atom is -0.377 e. The van der Waals surface area contributed by atoms with E-state index in [9.17, 15) is 13.7 Å². The lowest BCUT2D eigenvalue weighted by atomic mass is 10.1. The highest BCUT2D eigenvalue weighted by Crippen LogP contribution is 2.25. The van der Waals surface area contributed by atoms with E-state index in [0.717, 1.165) is 0 Å². The van der Waals surface area contributed by atoms with Gasteiger partial charge in [-0.25, -0.2) is 13.4 Å². The highest BCUT2D eigenvalue weighted by atomic mass is 32.2. The zero-order valence-electron chi connectivity index (χ0n) is 17.6. The fraction of sp³-hybridized carbons (Fsp3) is 0.579. The first-order valence-electron chi connectivity index (χ1n) is 10.3. The molecule has 0 bridgehead atoms. The Kier molecular flexibility index (Phi) is 6.08. The van der Waals surface area contributed by atoms with E-state index < -0.39 is 10.0 Å². The zero-order chi connectivity index (χ0) is 22.0. The molecule has 31 heavy (non-hydrogen) atoms. The molecule has 12 heteroatoms. The Balaban J connectivity index is 1.43. The number of piperidine rings is 1. The van der Waals surface area contributed by atoms with Crippen LogP contribution in [-0.2, 0) is 21.8 Å². The molecular formula is C19H26N8O3S. The number of ether oxygens (including phenoxy) is 1. The maximum Gasteiger partial charge on any atom is 0.246 e. The molecular weight excluding hydrogens is 420 g/mol. The largest absolute Gasteiger partial charge is 0.377 e. The standard InChI is InChI=1S/C19H26N8O3S/c1-14-13-30-8-7-27(14)18-15(9-20)10-21-19(24-18)23-16-3-5-26(6-4-16)31(28,29)17-11-22-25(2)12-17/h10-12,14,16H,3-8,13H2,1-2H3,(H,21,23,24)/t14-/m1/s1. The van der Waals surface area contributed by atoms with Crippen LogP contribution >= 0.6 is 0 Å². The third kappa shape index (κ3) is 4.48. The highest BCUT2D eigenvalue weighted by Gasteiger charge is 2.31. The number of nitrogens with zero attached hydrogens (tertiary/aromatic N) is 7. The van der Waals surface area contributed by atoms with E-state index in [1.165, 1.54) is 27.6 Å². The average molecular weight is 447 g/mol. The van der Waals surface area contributed by atoms with Crippen LogP contribution in [-0.4, -0.2) is 77.4 Å². The summed E-state index contributed by atoms with van der Waals surface area (Å²) in [5, 5.41) is 16.7. The second-order valence-electron chi connectivity index (χ2n) is 7.83. The maximum atomic E-state index is 12.8. The Labute approximate surface area is 181 Å². The molecule has 0 amide bonds. The Morgan fingerprint density at radius 2 is 2.03 bits per heavy atom. The number of hydrogen-bond donors (Lipinski definition) is 1. The summed E-state index contributed by atoms with van der Waals surface area (Å²) in [4.78, 5) is 11.2. The molecule has 2 aromatic heterocycles. The van der Waals surface area contributed by atoms with Gasteiger partial charge in [0, 0.05) is 38.9 Å². The van der Waals surface area contributed by atoms with Gasteiger partial charge in [-0.2, -0.15) is 19.6 Å². The van der Waals surface area contributed by atoms with Gasteiger partial charge in [0.05, 0.1) is 31.6 Å². The van der Waals surface area contributed by atoms with Gasteiger partial charge in [-0.05, 0) is 19.8 Å². The SMILES string of the molecule is C[C@@H]1COCCN1c1nc(NC2CCN(S(=O)(=O)c3cnn(C)c3)CC2)ncc1C#N. The topological polar surface area (TPSA) is 129 Å². The number of rotatable bonds is 5. The van der Waals surface area contributed by atoms with Crippen LogP contribution in [0.1, 0.15) is 25.3 Å². The van der Waals surface area contributed by atoms with Crippen LogP contribution in [0.15, 0.2) is 23.5 Å². The molecule has 166 valence electrons. The molecule has 2 fully saturated rings. The zero-order valence-corrected chi connectivity index (χ0v) is 18.4. The van der Waals surface area contributed by atoms with Gasteiger partial charge in [-0.15, -0.1) is 0 Å². The van der Waals surface area contributed by atoms with Crippen molar-refractivity contribution in [3.05, 3.63) is 24.2 Å². The number of anilines is 2. The maximum absolute atomic E-state index is 12.8. The minimum atomic E-state index is -3.54. The summed E-state index contributed by atoms with van der Waals surface area (Å²) in [6, 6.07) is 2.33. The third-order valence-corrected chi connectivity index (χ3v) is 7.49. The van der Waals surface area contributed by atoms with Gasteiger partial charge in [0.15, 0.2) is 5.82 Å². The summed E-state index contributed by atoms with van der Waals surface area (Å²) in [7, 11) is -1.84. The summed E-state index contributed by atoms with van der Waals surface area (Å²) in [6.07, 6.45) is 5.68. The Morgan fingerprint density at radius 3 is 2.68 bits per heavy atom. The molecule has 1 N–H and O–H groups in total. The van der Waals surface area contributed by atoms with E-state index in [2.05, 4.69) is 31.4 Å². The molecule has 2 aliphatic rings. The van der Waals surface area contributed by atoms with Crippen LogP contribution in [0.25, 0.3) is 0 Å². The van der Waals surface area contributed by atoms with Crippen molar-refractivity contribution in [2.24, 2.45) is 7.05 Å². The number of hydrogen-bond acceptors (Lipinski definition) is 9. The first kappa shape index (κ1) is 21.5. The van der Waals surface area contributed by atoms with Crippen LogP contribution in [0.5, 0.6) is 0 Å². The summed E-state index contributed by atoms with van der Waals surface area (Å²) in [5.74, 6) is 1.05. The van der Waals surface area contributed by atoms with E-state index in [0.29, 0.717) is 63.0 Å². The first-order chi connectivity index (χ1) is 14.9. The molecule has 2 aromatic rings. The molecule has 4 rings (SSSR count). The number of nitrogens with one attached hydrogen (secondary N) is 1. The Morgan fingerprint density at radius 1 is 1.26 bits per heavy atom. The second-order valence-corrected chi connectivity index (χ2v) is 9.77. The Bertz CT molecular complexity index is 1070. The lowest BCUT2D eigenvalue weighted by molar-refractivity contribution is 0.0985. The summed E-state index contributed by atoms with van der Waals surface area (Å²) >= 11 is 0. The number of aryl methyl sites for hydroxylation is 1. The van der Waals surface area contributed by atoms with Crippen molar-refractivity contribution in [3.8, 4) is 6.07 Å². The van der Waals surface area contributed by atoms with E-state index >= 15 is 0 Å². The molecule has 4 heterocycles. The van der Waals surface area contributed by atoms with Crippen LogP contribution in [0.2, 0.25) is 0 Å². The molecule has 0 aromatic carbocycles. The minimum absolute atomic E-state index is 0.0447. The van der Waals surface area contributed by atoms with Gasteiger partial charge < -0.3 is 15.0 Å². The molecule has 2 aliphatic heterocycles. The fourth-order valence-corrected chi connectivity index (χ4v) is 5.34. The van der Waals surface area contributed by atoms with Crippen molar-refractivity contribution in [2.75, 3.05) is 43.1 Å². The van der Waals surface area contributed by atoms with Crippen LogP contribution in [0.4, 0.5) is 11.8 Å². The lowest BCUT2D eigenvalue weighted by Gasteiger charge is -2.35. The molecule has 0 saturated carbocycles. The first-order valence-corrected chi connectivity index (χ1v) is 11.7. The number of sulfonamides is 1. The molecule has 2 saturated heterocycles. The van der Waals surface area contributed by atoms with Crippen LogP contribution < -0.4 is 10.2 Å². The van der Waals surface area contributed by atoms with Crippen molar-refractivity contribution in [1.82, 2.24) is 24.1 Å². The van der Waals surface area contributed by atoms with Crippen molar-refractivity contribution in [2.45, 2.75) is 36.7 Å². The fourth-order valence-electron chi connectivity index (χ4n) is 3.89. The van der Waals surface area contributed by atoms with Gasteiger partial charge >= 0.3 is 0 Å². The summed E-state index contributed by atoms with van der Waals surface area (Å²) < 4.78 is 34.0. The van der Waals surface area contributed by atoms with E-state index in [1.54, 1.807) is 7.05 Å². The van der Waals surface area contributed by atoms with Gasteiger partial charge in [0.2, 0.25) is 16.0 Å². The molecule has 11 nitrogen and oxygen atoms in total. The number of aromatic nitrogens is 4. The quantitative estimate of drug-likeness (QED) is 0.701. The van der Waals surface area contributed by atoms with Crippen LogP contribution in [0, 0.1) is 11.3 Å². The van der Waals surface area contributed by atoms with Gasteiger partial charge in [-0.1, -0.05) is 0 Å². The summed E-state index contributed by atoms with van der Waals surface area (Å²) in [5.41, 5.74) is 0.427. The molecule has 0 aliphatic carbocycles. The van der Waals surface area contributed by atoms with Crippen molar-refractivity contribution in [1.29, 1.82) is 5.26 Å². The molecule has 0 unspecified atom stereocenters. The monoisotopic (exact) mass is 446 g/mol. The van der Waals surface area contributed by atoms with E-state index in [-0.39, 0.29) is 17.0 Å². The third-order valence-electron chi connectivity index (χ3n) is 5.63. The van der Waals surface area contributed by atoms with Crippen molar-refractivity contribution < 1.29 is 13.2 Å². The summed E-state index contributed by atoms with van der Waals surface area (Å²) in [6.45, 7) is 4.68. The van der Waals surface area contributed by atoms with E-state index in [4.69, 9.17) is 4.74 Å². The molecule has 1 atom stereocenters. The number of nitriles is 1. The normalized spacial score (nSPS) is 21.1. The van der Waals surface area contributed by atoms with Gasteiger partial charge in [0.25, 0.3) is 0 Å². The van der Waals surface area contributed by atoms with Crippen molar-refractivity contribution >= 4 is 21.8 Å². The highest BCUT2D eigenvalue weighted by molar-refractivity contribution is 7.89. The average Bonchev–Trinajstić information content (AvgIpc) is 3.22. The predicted octanol–water partition coefficient (Wildman–Crippen LogP) is 0.572. The van der Waals surface area contributed by atoms with Crippen molar-refractivity contribution in [3.63, 3.8) is 0 Å². The molecule has 0 radical (unpaired) electrons. The lowest BCUT2D eigenvalue weighted by Crippen LogP contribution is -2.45. The smallest absolute Gasteiger partial charge is 0.246 e. The Hall–Kier alpha value is -2.75. The molecule has 0 spiro atoms.